The van der Waals surface area contributed by atoms with Gasteiger partial charge in [-0.25, -0.2) is 0 Å². The maximum Gasteiger partial charge on any atom is 0.259 e. The number of primary amides is 1. The molecule has 27 heavy (non-hydrogen) atoms. The molecule has 0 radical (unpaired) electrons. The zero-order valence-electron chi connectivity index (χ0n) is 15.6. The molecule has 0 aliphatic carbocycles. The molecular formula is C20H25N3O4. The number of nitrogens with zero attached hydrogens (tertiary/aromatic N) is 1. The summed E-state index contributed by atoms with van der Waals surface area (Å²) in [6, 6.07) is 7.35. The van der Waals surface area contributed by atoms with Gasteiger partial charge in [0.1, 0.15) is 5.76 Å². The molecule has 0 fully saturated rings. The Morgan fingerprint density at radius 1 is 1.33 bits per heavy atom. The summed E-state index contributed by atoms with van der Waals surface area (Å²) >= 11 is 0. The first-order chi connectivity index (χ1) is 12.7. The Bertz CT molecular complexity index is 851. The van der Waals surface area contributed by atoms with Gasteiger partial charge in [0.05, 0.1) is 23.8 Å². The van der Waals surface area contributed by atoms with Crippen LogP contribution in [0.25, 0.3) is 0 Å². The van der Waals surface area contributed by atoms with Gasteiger partial charge in [0.25, 0.3) is 5.91 Å². The normalized spacial score (nSPS) is 14.6. The van der Waals surface area contributed by atoms with Crippen LogP contribution in [0.4, 0.5) is 5.69 Å². The molecule has 1 aromatic carbocycles. The summed E-state index contributed by atoms with van der Waals surface area (Å²) in [6.07, 6.45) is 2.04. The van der Waals surface area contributed by atoms with E-state index in [4.69, 9.17) is 10.2 Å². The highest BCUT2D eigenvalue weighted by Gasteiger charge is 2.25. The molecule has 2 heterocycles. The van der Waals surface area contributed by atoms with Gasteiger partial charge in [-0.05, 0) is 43.5 Å². The predicted octanol–water partition coefficient (Wildman–Crippen LogP) is 1.69. The smallest absolute Gasteiger partial charge is 0.259 e. The molecule has 0 saturated carbocycles. The van der Waals surface area contributed by atoms with Crippen molar-refractivity contribution in [3.8, 4) is 0 Å². The number of anilines is 1. The first kappa shape index (κ1) is 19.1. The molecule has 7 heteroatoms. The zero-order valence-corrected chi connectivity index (χ0v) is 15.6. The van der Waals surface area contributed by atoms with E-state index in [-0.39, 0.29) is 18.1 Å². The van der Waals surface area contributed by atoms with Gasteiger partial charge in [-0.3, -0.25) is 14.5 Å². The number of carbonyl (C=O) groups excluding carboxylic acids is 2. The molecule has 4 N–H and O–H groups in total. The molecule has 0 spiro atoms. The first-order valence-corrected chi connectivity index (χ1v) is 8.94. The molecule has 2 amide bonds. The third-order valence-corrected chi connectivity index (χ3v) is 4.53. The number of nitrogens with one attached hydrogen (secondary N) is 1. The van der Waals surface area contributed by atoms with Crippen molar-refractivity contribution >= 4 is 17.5 Å². The predicted molar refractivity (Wildman–Crippen MR) is 101 cm³/mol. The average Bonchev–Trinajstić information content (AvgIpc) is 3.00. The van der Waals surface area contributed by atoms with Crippen LogP contribution in [-0.4, -0.2) is 40.5 Å². The molecular weight excluding hydrogens is 346 g/mol. The largest absolute Gasteiger partial charge is 0.468 e. The van der Waals surface area contributed by atoms with E-state index in [0.717, 1.165) is 36.3 Å². The van der Waals surface area contributed by atoms with Gasteiger partial charge in [-0.1, -0.05) is 12.1 Å². The maximum absolute atomic E-state index is 12.6. The van der Waals surface area contributed by atoms with Gasteiger partial charge in [-0.15, -0.1) is 0 Å². The van der Waals surface area contributed by atoms with Crippen LogP contribution in [0.2, 0.25) is 0 Å². The second kappa shape index (κ2) is 7.54. The lowest BCUT2D eigenvalue weighted by Gasteiger charge is -2.33. The zero-order chi connectivity index (χ0) is 19.6. The highest BCUT2D eigenvalue weighted by molar-refractivity contribution is 6.06. The van der Waals surface area contributed by atoms with E-state index < -0.39 is 11.5 Å². The minimum absolute atomic E-state index is 0.117. The minimum Gasteiger partial charge on any atom is -0.468 e. The van der Waals surface area contributed by atoms with E-state index in [0.29, 0.717) is 12.1 Å². The number of furan rings is 1. The molecule has 1 aliphatic rings. The summed E-state index contributed by atoms with van der Waals surface area (Å²) in [7, 11) is 0. The number of hydrogen-bond acceptors (Lipinski definition) is 5. The number of benzene rings is 1. The number of amides is 2. The van der Waals surface area contributed by atoms with E-state index in [1.54, 1.807) is 13.8 Å². The molecule has 144 valence electrons. The fraction of sp³-hybridized carbons (Fsp3) is 0.400. The average molecular weight is 371 g/mol. The van der Waals surface area contributed by atoms with Gasteiger partial charge in [-0.2, -0.15) is 0 Å². The number of fused-ring (bicyclic) bond motifs is 1. The van der Waals surface area contributed by atoms with Crippen molar-refractivity contribution in [1.82, 2.24) is 4.90 Å². The van der Waals surface area contributed by atoms with Crippen molar-refractivity contribution in [3.05, 3.63) is 53.0 Å². The lowest BCUT2D eigenvalue weighted by molar-refractivity contribution is -0.117. The maximum atomic E-state index is 12.6. The van der Waals surface area contributed by atoms with Crippen LogP contribution < -0.4 is 11.1 Å². The third kappa shape index (κ3) is 4.75. The van der Waals surface area contributed by atoms with Crippen LogP contribution in [0.5, 0.6) is 0 Å². The molecule has 3 rings (SSSR count). The Balaban J connectivity index is 1.76. The summed E-state index contributed by atoms with van der Waals surface area (Å²) in [5, 5.41) is 13.0. The monoisotopic (exact) mass is 371 g/mol. The highest BCUT2D eigenvalue weighted by atomic mass is 16.3. The van der Waals surface area contributed by atoms with Crippen molar-refractivity contribution in [2.24, 2.45) is 5.73 Å². The third-order valence-electron chi connectivity index (χ3n) is 4.53. The van der Waals surface area contributed by atoms with Crippen LogP contribution in [0.15, 0.2) is 34.9 Å². The van der Waals surface area contributed by atoms with Crippen molar-refractivity contribution in [2.75, 3.05) is 18.4 Å². The number of β-amino-alcohol motifs (C(OH)–C–C–N with tert-alkyl or cyclic N) is 1. The number of carbonyl (C=O) groups is 2. The molecule has 7 nitrogen and oxygen atoms in total. The van der Waals surface area contributed by atoms with E-state index >= 15 is 0 Å². The quantitative estimate of drug-likeness (QED) is 0.716. The summed E-state index contributed by atoms with van der Waals surface area (Å²) in [4.78, 5) is 26.0. The van der Waals surface area contributed by atoms with Crippen LogP contribution >= 0.6 is 0 Å². The van der Waals surface area contributed by atoms with Crippen molar-refractivity contribution in [1.29, 1.82) is 0 Å². The number of hydrogen-bond donors (Lipinski definition) is 3. The second-order valence-corrected chi connectivity index (χ2v) is 7.57. The topological polar surface area (TPSA) is 109 Å². The molecule has 1 aliphatic heterocycles. The van der Waals surface area contributed by atoms with Gasteiger partial charge in [0.15, 0.2) is 0 Å². The standard InChI is InChI=1S/C20H25N3O4/c1-20(2,26)12-23-8-6-14-13(11-23)4-3-5-16(14)22-19(25)15-7-9-27-17(15)10-18(21)24/h3-5,7,9,26H,6,8,10-12H2,1-2H3,(H2,21,24)(H,22,25). The van der Waals surface area contributed by atoms with Gasteiger partial charge in [0, 0.05) is 25.3 Å². The molecule has 2 aromatic rings. The first-order valence-electron chi connectivity index (χ1n) is 8.94. The molecule has 0 saturated heterocycles. The minimum atomic E-state index is -0.749. The van der Waals surface area contributed by atoms with Crippen molar-refractivity contribution < 1.29 is 19.1 Å². The molecule has 1 aromatic heterocycles. The van der Waals surface area contributed by atoms with Gasteiger partial charge in [0.2, 0.25) is 5.91 Å². The van der Waals surface area contributed by atoms with E-state index in [2.05, 4.69) is 10.2 Å². The Hall–Kier alpha value is -2.64. The van der Waals surface area contributed by atoms with E-state index in [1.807, 2.05) is 18.2 Å². The summed E-state index contributed by atoms with van der Waals surface area (Å²) < 4.78 is 5.22. The highest BCUT2D eigenvalue weighted by Crippen LogP contribution is 2.27. The fourth-order valence-electron chi connectivity index (χ4n) is 3.49. The van der Waals surface area contributed by atoms with E-state index in [1.165, 1.54) is 12.3 Å². The Kier molecular flexibility index (Phi) is 5.34. The molecule has 0 atom stereocenters. The van der Waals surface area contributed by atoms with Crippen LogP contribution in [0.3, 0.4) is 0 Å². The lowest BCUT2D eigenvalue weighted by Crippen LogP contribution is -2.41. The number of aliphatic hydroxyl groups is 1. The molecule has 0 bridgehead atoms. The van der Waals surface area contributed by atoms with Crippen LogP contribution in [-0.2, 0) is 24.2 Å². The summed E-state index contributed by atoms with van der Waals surface area (Å²) in [6.45, 7) is 5.72. The lowest BCUT2D eigenvalue weighted by atomic mass is 9.96. The van der Waals surface area contributed by atoms with Gasteiger partial charge >= 0.3 is 0 Å². The molecule has 0 unspecified atom stereocenters. The van der Waals surface area contributed by atoms with Crippen LogP contribution in [0.1, 0.15) is 41.1 Å². The number of nitrogens with two attached hydrogens (primary N) is 1. The van der Waals surface area contributed by atoms with Gasteiger partial charge < -0.3 is 20.6 Å². The van der Waals surface area contributed by atoms with Crippen molar-refractivity contribution in [2.45, 2.75) is 38.8 Å². The van der Waals surface area contributed by atoms with Crippen LogP contribution in [0, 0.1) is 0 Å². The van der Waals surface area contributed by atoms with Crippen molar-refractivity contribution in [3.63, 3.8) is 0 Å². The fourth-order valence-corrected chi connectivity index (χ4v) is 3.49. The second-order valence-electron chi connectivity index (χ2n) is 7.57. The summed E-state index contributed by atoms with van der Waals surface area (Å²) in [5.41, 5.74) is 7.75. The summed E-state index contributed by atoms with van der Waals surface area (Å²) in [5.74, 6) is -0.614. The Morgan fingerprint density at radius 2 is 2.11 bits per heavy atom. The Labute approximate surface area is 158 Å². The SMILES string of the molecule is CC(C)(O)CN1CCc2c(cccc2NC(=O)c2ccoc2CC(N)=O)C1. The van der Waals surface area contributed by atoms with E-state index in [9.17, 15) is 14.7 Å². The number of rotatable bonds is 6. The Morgan fingerprint density at radius 3 is 2.81 bits per heavy atom.